The van der Waals surface area contributed by atoms with Crippen LogP contribution in [0.2, 0.25) is 0 Å². The Morgan fingerprint density at radius 2 is 0.962 bits per heavy atom. The number of fused-ring (bicyclic) bond motifs is 11. The normalized spacial score (nSPS) is 12.2. The van der Waals surface area contributed by atoms with Crippen molar-refractivity contribution in [1.29, 1.82) is 0 Å². The molecular formula is C49H27N3O. The van der Waals surface area contributed by atoms with Crippen LogP contribution in [0.25, 0.3) is 121 Å². The molecule has 4 heteroatoms. The summed E-state index contributed by atoms with van der Waals surface area (Å²) in [6, 6.07) is 57.9. The Hall–Kier alpha value is -7.17. The molecule has 0 spiro atoms. The van der Waals surface area contributed by atoms with Crippen LogP contribution in [-0.4, -0.2) is 15.0 Å². The number of rotatable bonds is 3. The maximum absolute atomic E-state index is 6.82. The first kappa shape index (κ1) is 28.5. The van der Waals surface area contributed by atoms with Gasteiger partial charge >= 0.3 is 0 Å². The quantitative estimate of drug-likeness (QED) is 0.175. The van der Waals surface area contributed by atoms with E-state index in [1.165, 1.54) is 54.4 Å². The van der Waals surface area contributed by atoms with Gasteiger partial charge in [-0.2, -0.15) is 0 Å². The molecule has 1 aliphatic carbocycles. The maximum atomic E-state index is 6.82. The van der Waals surface area contributed by atoms with E-state index in [1.807, 2.05) is 6.07 Å². The Morgan fingerprint density at radius 3 is 1.81 bits per heavy atom. The number of hydrogen-bond donors (Lipinski definition) is 0. The fourth-order valence-electron chi connectivity index (χ4n) is 8.57. The molecule has 11 aromatic rings. The largest absolute Gasteiger partial charge is 0.455 e. The van der Waals surface area contributed by atoms with Crippen molar-refractivity contribution < 1.29 is 4.42 Å². The molecule has 4 nitrogen and oxygen atoms in total. The van der Waals surface area contributed by atoms with Crippen molar-refractivity contribution in [2.24, 2.45) is 0 Å². The van der Waals surface area contributed by atoms with Gasteiger partial charge in [0.1, 0.15) is 11.2 Å². The maximum Gasteiger partial charge on any atom is 0.164 e. The van der Waals surface area contributed by atoms with Crippen LogP contribution >= 0.6 is 0 Å². The van der Waals surface area contributed by atoms with Gasteiger partial charge in [0.25, 0.3) is 0 Å². The van der Waals surface area contributed by atoms with Crippen LogP contribution in [0.15, 0.2) is 168 Å². The molecule has 12 rings (SSSR count). The van der Waals surface area contributed by atoms with E-state index >= 15 is 0 Å². The predicted molar refractivity (Wildman–Crippen MR) is 218 cm³/mol. The van der Waals surface area contributed by atoms with Crippen molar-refractivity contribution in [2.75, 3.05) is 0 Å². The van der Waals surface area contributed by atoms with Crippen LogP contribution in [0.3, 0.4) is 0 Å². The van der Waals surface area contributed by atoms with Crippen molar-refractivity contribution in [1.82, 2.24) is 15.0 Å². The van der Waals surface area contributed by atoms with Gasteiger partial charge in [-0.3, -0.25) is 0 Å². The molecule has 53 heavy (non-hydrogen) atoms. The highest BCUT2D eigenvalue weighted by atomic mass is 16.3. The van der Waals surface area contributed by atoms with Crippen molar-refractivity contribution >= 4 is 65.0 Å². The van der Waals surface area contributed by atoms with E-state index in [9.17, 15) is 0 Å². The molecule has 244 valence electrons. The van der Waals surface area contributed by atoms with Gasteiger partial charge in [0.15, 0.2) is 17.5 Å². The van der Waals surface area contributed by atoms with E-state index < -0.39 is 0 Å². The van der Waals surface area contributed by atoms with Crippen LogP contribution in [0.1, 0.15) is 0 Å². The molecular weight excluding hydrogens is 647 g/mol. The lowest BCUT2D eigenvalue weighted by atomic mass is 9.98. The van der Waals surface area contributed by atoms with Crippen LogP contribution in [-0.2, 0) is 0 Å². The summed E-state index contributed by atoms with van der Waals surface area (Å²) in [4.78, 5) is 15.7. The summed E-state index contributed by atoms with van der Waals surface area (Å²) in [6.07, 6.45) is 0. The molecule has 0 atom stereocenters. The molecule has 0 radical (unpaired) electrons. The number of aromatic nitrogens is 3. The lowest BCUT2D eigenvalue weighted by Crippen LogP contribution is -2.00. The van der Waals surface area contributed by atoms with E-state index in [-0.39, 0.29) is 0 Å². The minimum atomic E-state index is 0.607. The Balaban J connectivity index is 1.12. The summed E-state index contributed by atoms with van der Waals surface area (Å²) >= 11 is 0. The van der Waals surface area contributed by atoms with Crippen LogP contribution in [0.5, 0.6) is 0 Å². The molecule has 0 saturated heterocycles. The summed E-state index contributed by atoms with van der Waals surface area (Å²) in [6.45, 7) is 0. The number of furan rings is 1. The molecule has 0 amide bonds. The van der Waals surface area contributed by atoms with Gasteiger partial charge in [-0.1, -0.05) is 140 Å². The molecule has 0 unspecified atom stereocenters. The molecule has 0 fully saturated rings. The van der Waals surface area contributed by atoms with Crippen molar-refractivity contribution in [2.45, 2.75) is 0 Å². The minimum absolute atomic E-state index is 0.607. The van der Waals surface area contributed by atoms with Crippen LogP contribution in [0.4, 0.5) is 0 Å². The van der Waals surface area contributed by atoms with Gasteiger partial charge in [-0.15, -0.1) is 0 Å². The highest BCUT2D eigenvalue weighted by Gasteiger charge is 2.27. The summed E-state index contributed by atoms with van der Waals surface area (Å²) in [5.74, 6) is 1.86. The second-order valence-corrected chi connectivity index (χ2v) is 13.9. The first-order valence-electron chi connectivity index (χ1n) is 17.9. The average Bonchev–Trinajstić information content (AvgIpc) is 3.77. The van der Waals surface area contributed by atoms with Crippen LogP contribution in [0, 0.1) is 0 Å². The van der Waals surface area contributed by atoms with Gasteiger partial charge in [0.05, 0.1) is 0 Å². The predicted octanol–water partition coefficient (Wildman–Crippen LogP) is 13.0. The smallest absolute Gasteiger partial charge is 0.164 e. The first-order chi connectivity index (χ1) is 26.2. The fourth-order valence-corrected chi connectivity index (χ4v) is 8.57. The van der Waals surface area contributed by atoms with Crippen molar-refractivity contribution in [3.8, 4) is 56.4 Å². The highest BCUT2D eigenvalue weighted by molar-refractivity contribution is 6.24. The summed E-state index contributed by atoms with van der Waals surface area (Å²) in [7, 11) is 0. The Labute approximate surface area is 303 Å². The third-order valence-corrected chi connectivity index (χ3v) is 11.0. The highest BCUT2D eigenvalue weighted by Crippen LogP contribution is 2.52. The summed E-state index contributed by atoms with van der Waals surface area (Å²) < 4.78 is 6.82. The molecule has 2 heterocycles. The van der Waals surface area contributed by atoms with Gasteiger partial charge in [0, 0.05) is 33.0 Å². The van der Waals surface area contributed by atoms with Gasteiger partial charge in [0.2, 0.25) is 0 Å². The van der Waals surface area contributed by atoms with Gasteiger partial charge in [-0.05, 0) is 84.0 Å². The van der Waals surface area contributed by atoms with Gasteiger partial charge in [-0.25, -0.2) is 15.0 Å². The van der Waals surface area contributed by atoms with E-state index in [0.717, 1.165) is 49.6 Å². The van der Waals surface area contributed by atoms with E-state index in [0.29, 0.717) is 17.5 Å². The average molecular weight is 674 g/mol. The second-order valence-electron chi connectivity index (χ2n) is 13.9. The summed E-state index contributed by atoms with van der Waals surface area (Å²) in [5.41, 5.74) is 9.29. The van der Waals surface area contributed by atoms with E-state index in [1.54, 1.807) is 0 Å². The standard InChI is InChI=1S/C49H27N3O/c1-2-10-32-26-33(22-18-28(32)8-1)47-50-48(34-23-21-30-20-19-29-9-3-4-13-35(29)41(30)27-34)52-49(51-47)40-16-7-17-42-44(40)39-25-24-37-36-14-5-11-31-12-6-15-38(43(31)36)45(37)46(39)53-42/h1-27H. The third kappa shape index (κ3) is 4.15. The van der Waals surface area contributed by atoms with Gasteiger partial charge < -0.3 is 4.42 Å². The minimum Gasteiger partial charge on any atom is -0.455 e. The third-order valence-electron chi connectivity index (χ3n) is 11.0. The summed E-state index contributed by atoms with van der Waals surface area (Å²) in [5, 5.41) is 11.6. The Morgan fingerprint density at radius 1 is 0.340 bits per heavy atom. The zero-order chi connectivity index (χ0) is 34.6. The topological polar surface area (TPSA) is 51.8 Å². The Bertz CT molecular complexity index is 3350. The number of nitrogens with zero attached hydrogens (tertiary/aromatic N) is 3. The number of hydrogen-bond acceptors (Lipinski definition) is 4. The second kappa shape index (κ2) is 10.7. The zero-order valence-corrected chi connectivity index (χ0v) is 28.3. The molecule has 1 aliphatic rings. The van der Waals surface area contributed by atoms with Crippen LogP contribution < -0.4 is 0 Å². The Kier molecular flexibility index (Phi) is 5.74. The van der Waals surface area contributed by atoms with Crippen molar-refractivity contribution in [3.63, 3.8) is 0 Å². The lowest BCUT2D eigenvalue weighted by Gasteiger charge is -2.11. The molecule has 0 saturated carbocycles. The van der Waals surface area contributed by atoms with Crippen molar-refractivity contribution in [3.05, 3.63) is 164 Å². The van der Waals surface area contributed by atoms with E-state index in [2.05, 4.69) is 158 Å². The lowest BCUT2D eigenvalue weighted by molar-refractivity contribution is 0.670. The molecule has 0 aliphatic heterocycles. The SMILES string of the molecule is c1ccc2cc(-c3nc(-c4ccc5ccc6ccccc6c5c4)nc(-c4cccc5oc6c7c(ccc6c45)-c4cccc5cccc-7c45)n3)ccc2c1. The fraction of sp³-hybridized carbons (Fsp3) is 0. The number of benzene rings is 9. The molecule has 0 N–H and O–H groups in total. The monoisotopic (exact) mass is 673 g/mol. The van der Waals surface area contributed by atoms with E-state index in [4.69, 9.17) is 19.4 Å². The molecule has 2 aromatic heterocycles. The molecule has 9 aromatic carbocycles. The zero-order valence-electron chi connectivity index (χ0n) is 28.3. The molecule has 0 bridgehead atoms. The first-order valence-corrected chi connectivity index (χ1v) is 17.9.